The molecule has 0 radical (unpaired) electrons. The number of rotatable bonds is 8. The quantitative estimate of drug-likeness (QED) is 0.416. The first-order valence-corrected chi connectivity index (χ1v) is 12.2. The van der Waals surface area contributed by atoms with Gasteiger partial charge in [-0.05, 0) is 36.8 Å². The molecule has 0 amide bonds. The fourth-order valence-electron chi connectivity index (χ4n) is 3.65. The molecule has 33 heavy (non-hydrogen) atoms. The summed E-state index contributed by atoms with van der Waals surface area (Å²) in [5, 5.41) is 0. The summed E-state index contributed by atoms with van der Waals surface area (Å²) in [5.74, 6) is 1.13. The van der Waals surface area contributed by atoms with E-state index in [1.165, 1.54) is 11.7 Å². The lowest BCUT2D eigenvalue weighted by molar-refractivity contribution is 0.310. The minimum absolute atomic E-state index is 0.303. The van der Waals surface area contributed by atoms with Crippen LogP contribution in [0.4, 0.5) is 0 Å². The molecule has 11 heteroatoms. The minimum atomic E-state index is -3.47. The maximum absolute atomic E-state index is 13.0. The predicted octanol–water partition coefficient (Wildman–Crippen LogP) is 2.22. The number of aromatic amines is 1. The molecule has 0 spiro atoms. The molecule has 0 bridgehead atoms. The van der Waals surface area contributed by atoms with E-state index in [-0.39, 0.29) is 5.75 Å². The SMILES string of the molecule is CCOc1cc([C@@H](CS(C)(=O)=O)n2c(=O)[nH]c3cc(-c4ncccn4)cnc32)ccc1OC. The average molecular weight is 470 g/mol. The number of pyridine rings is 1. The Hall–Kier alpha value is -3.73. The van der Waals surface area contributed by atoms with Crippen LogP contribution in [-0.2, 0) is 9.84 Å². The highest BCUT2D eigenvalue weighted by molar-refractivity contribution is 7.90. The summed E-state index contributed by atoms with van der Waals surface area (Å²) < 4.78 is 37.0. The summed E-state index contributed by atoms with van der Waals surface area (Å²) >= 11 is 0. The zero-order valence-corrected chi connectivity index (χ0v) is 19.2. The number of H-pyrrole nitrogens is 1. The summed E-state index contributed by atoms with van der Waals surface area (Å²) in [6.45, 7) is 2.23. The fourth-order valence-corrected chi connectivity index (χ4v) is 4.56. The first-order chi connectivity index (χ1) is 15.8. The van der Waals surface area contributed by atoms with Gasteiger partial charge in [0.05, 0.1) is 31.0 Å². The number of hydrogen-bond donors (Lipinski definition) is 1. The molecule has 1 N–H and O–H groups in total. The Morgan fingerprint density at radius 2 is 1.88 bits per heavy atom. The number of imidazole rings is 1. The lowest BCUT2D eigenvalue weighted by atomic mass is 10.1. The van der Waals surface area contributed by atoms with Crippen LogP contribution in [0.3, 0.4) is 0 Å². The monoisotopic (exact) mass is 469 g/mol. The average Bonchev–Trinajstić information content (AvgIpc) is 3.12. The molecule has 1 aromatic carbocycles. The highest BCUT2D eigenvalue weighted by Crippen LogP contribution is 2.33. The molecule has 0 aliphatic carbocycles. The lowest BCUT2D eigenvalue weighted by Crippen LogP contribution is -2.28. The number of sulfone groups is 1. The first-order valence-electron chi connectivity index (χ1n) is 10.2. The Labute approximate surface area is 190 Å². The van der Waals surface area contributed by atoms with Gasteiger partial charge in [0, 0.05) is 30.4 Å². The van der Waals surface area contributed by atoms with Crippen molar-refractivity contribution < 1.29 is 17.9 Å². The van der Waals surface area contributed by atoms with Crippen LogP contribution in [0.1, 0.15) is 18.5 Å². The second kappa shape index (κ2) is 9.02. The van der Waals surface area contributed by atoms with Crippen LogP contribution in [0.5, 0.6) is 11.5 Å². The highest BCUT2D eigenvalue weighted by Gasteiger charge is 2.25. The van der Waals surface area contributed by atoms with E-state index in [0.717, 1.165) is 6.26 Å². The van der Waals surface area contributed by atoms with Gasteiger partial charge >= 0.3 is 5.69 Å². The number of nitrogens with one attached hydrogen (secondary N) is 1. The van der Waals surface area contributed by atoms with Gasteiger partial charge < -0.3 is 14.5 Å². The summed E-state index contributed by atoms with van der Waals surface area (Å²) in [6, 6.07) is 7.68. The van der Waals surface area contributed by atoms with Crippen molar-refractivity contribution in [1.29, 1.82) is 0 Å². The predicted molar refractivity (Wildman–Crippen MR) is 123 cm³/mol. The van der Waals surface area contributed by atoms with Crippen LogP contribution in [0, 0.1) is 0 Å². The Bertz CT molecular complexity index is 1450. The van der Waals surface area contributed by atoms with E-state index >= 15 is 0 Å². The van der Waals surface area contributed by atoms with Crippen molar-refractivity contribution in [2.75, 3.05) is 25.7 Å². The maximum Gasteiger partial charge on any atom is 0.328 e. The van der Waals surface area contributed by atoms with Crippen molar-refractivity contribution in [3.63, 3.8) is 0 Å². The first kappa shape index (κ1) is 22.5. The third-order valence-electron chi connectivity index (χ3n) is 5.02. The Morgan fingerprint density at radius 3 is 2.55 bits per heavy atom. The van der Waals surface area contributed by atoms with Crippen LogP contribution in [0.25, 0.3) is 22.6 Å². The zero-order chi connectivity index (χ0) is 23.6. The Morgan fingerprint density at radius 1 is 1.12 bits per heavy atom. The Kier molecular flexibility index (Phi) is 6.14. The molecule has 0 saturated heterocycles. The third-order valence-corrected chi connectivity index (χ3v) is 5.95. The molecule has 3 aromatic heterocycles. The molecule has 0 aliphatic rings. The number of methoxy groups -OCH3 is 1. The van der Waals surface area contributed by atoms with E-state index in [9.17, 15) is 13.2 Å². The lowest BCUT2D eigenvalue weighted by Gasteiger charge is -2.20. The molecule has 0 aliphatic heterocycles. The van der Waals surface area contributed by atoms with E-state index in [1.807, 2.05) is 6.92 Å². The van der Waals surface area contributed by atoms with Gasteiger partial charge in [-0.2, -0.15) is 0 Å². The molecule has 3 heterocycles. The van der Waals surface area contributed by atoms with Crippen molar-refractivity contribution in [2.24, 2.45) is 0 Å². The molecule has 4 aromatic rings. The van der Waals surface area contributed by atoms with E-state index in [2.05, 4.69) is 19.9 Å². The second-order valence-electron chi connectivity index (χ2n) is 7.42. The van der Waals surface area contributed by atoms with Crippen LogP contribution in [0.15, 0.2) is 53.7 Å². The summed E-state index contributed by atoms with van der Waals surface area (Å²) in [7, 11) is -1.95. The van der Waals surface area contributed by atoms with Crippen molar-refractivity contribution >= 4 is 21.0 Å². The summed E-state index contributed by atoms with van der Waals surface area (Å²) in [6.07, 6.45) is 5.91. The van der Waals surface area contributed by atoms with E-state index in [4.69, 9.17) is 9.47 Å². The second-order valence-corrected chi connectivity index (χ2v) is 9.60. The molecule has 0 saturated carbocycles. The fraction of sp³-hybridized carbons (Fsp3) is 0.273. The molecule has 0 unspecified atom stereocenters. The molecular formula is C22H23N5O5S. The standard InChI is InChI=1S/C22H23N5O5S/c1-4-32-19-11-14(6-7-18(19)31-2)17(13-33(3,29)30)27-21-16(26-22(27)28)10-15(12-25-21)20-23-8-5-9-24-20/h5-12,17H,4,13H2,1-3H3,(H,26,28)/t17-/m1/s1. The van der Waals surface area contributed by atoms with Gasteiger partial charge in [-0.3, -0.25) is 4.57 Å². The molecule has 172 valence electrons. The van der Waals surface area contributed by atoms with Crippen molar-refractivity contribution in [3.05, 3.63) is 65.0 Å². The number of ether oxygens (including phenoxy) is 2. The number of fused-ring (bicyclic) bond motifs is 1. The topological polar surface area (TPSA) is 129 Å². The van der Waals surface area contributed by atoms with Crippen molar-refractivity contribution in [3.8, 4) is 22.9 Å². The third kappa shape index (κ3) is 4.72. The minimum Gasteiger partial charge on any atom is -0.493 e. The van der Waals surface area contributed by atoms with Gasteiger partial charge in [0.15, 0.2) is 23.0 Å². The maximum atomic E-state index is 13.0. The number of benzene rings is 1. The summed E-state index contributed by atoms with van der Waals surface area (Å²) in [5.41, 5.74) is 1.49. The molecule has 4 rings (SSSR count). The molecule has 1 atom stereocenters. The molecular weight excluding hydrogens is 446 g/mol. The van der Waals surface area contributed by atoms with Crippen LogP contribution < -0.4 is 15.2 Å². The van der Waals surface area contributed by atoms with E-state index < -0.39 is 21.6 Å². The summed E-state index contributed by atoms with van der Waals surface area (Å²) in [4.78, 5) is 28.6. The molecule has 0 fully saturated rings. The van der Waals surface area contributed by atoms with Crippen LogP contribution >= 0.6 is 0 Å². The smallest absolute Gasteiger partial charge is 0.328 e. The van der Waals surface area contributed by atoms with Crippen molar-refractivity contribution in [2.45, 2.75) is 13.0 Å². The van der Waals surface area contributed by atoms with Gasteiger partial charge in [-0.15, -0.1) is 0 Å². The molecule has 10 nitrogen and oxygen atoms in total. The zero-order valence-electron chi connectivity index (χ0n) is 18.3. The van der Waals surface area contributed by atoms with Gasteiger partial charge in [0.1, 0.15) is 9.84 Å². The van der Waals surface area contributed by atoms with Crippen molar-refractivity contribution in [1.82, 2.24) is 24.5 Å². The largest absolute Gasteiger partial charge is 0.493 e. The van der Waals surface area contributed by atoms with Gasteiger partial charge in [-0.25, -0.2) is 28.2 Å². The highest BCUT2D eigenvalue weighted by atomic mass is 32.2. The Balaban J connectivity index is 1.88. The van der Waals surface area contributed by atoms with Gasteiger partial charge in [0.25, 0.3) is 0 Å². The van der Waals surface area contributed by atoms with Gasteiger partial charge in [0.2, 0.25) is 0 Å². The van der Waals surface area contributed by atoms with E-state index in [1.54, 1.807) is 48.9 Å². The van der Waals surface area contributed by atoms with Crippen LogP contribution in [0.2, 0.25) is 0 Å². The number of nitrogens with zero attached hydrogens (tertiary/aromatic N) is 4. The van der Waals surface area contributed by atoms with Gasteiger partial charge in [-0.1, -0.05) is 6.07 Å². The van der Waals surface area contributed by atoms with E-state index in [0.29, 0.717) is 46.2 Å². The normalized spacial score (nSPS) is 12.6. The number of hydrogen-bond acceptors (Lipinski definition) is 8. The van der Waals surface area contributed by atoms with Crippen LogP contribution in [-0.4, -0.2) is 58.6 Å². The number of aromatic nitrogens is 5.